The van der Waals surface area contributed by atoms with Crippen LogP contribution < -0.4 is 0 Å². The number of nitrogens with zero attached hydrogens (tertiary/aromatic N) is 3. The van der Waals surface area contributed by atoms with Crippen molar-refractivity contribution < 1.29 is 13.6 Å². The molecule has 1 aromatic carbocycles. The van der Waals surface area contributed by atoms with E-state index in [0.29, 0.717) is 26.1 Å². The molecule has 0 N–H and O–H groups in total. The third-order valence-electron chi connectivity index (χ3n) is 4.24. The molecular weight excluding hydrogens is 345 g/mol. The molecule has 3 aromatic rings. The number of amides is 1. The molecule has 5 nitrogen and oxygen atoms in total. The quantitative estimate of drug-likeness (QED) is 0.597. The lowest BCUT2D eigenvalue weighted by atomic mass is 10.1. The minimum absolute atomic E-state index is 0.0571. The van der Waals surface area contributed by atoms with Gasteiger partial charge >= 0.3 is 0 Å². The van der Waals surface area contributed by atoms with E-state index in [9.17, 15) is 9.18 Å². The van der Waals surface area contributed by atoms with Crippen LogP contribution in [0.3, 0.4) is 0 Å². The Hall–Kier alpha value is -2.89. The Bertz CT molecular complexity index is 871. The molecule has 0 unspecified atom stereocenters. The summed E-state index contributed by atoms with van der Waals surface area (Å²) in [5.74, 6) is 1.55. The van der Waals surface area contributed by atoms with Crippen LogP contribution in [0, 0.1) is 11.7 Å². The van der Waals surface area contributed by atoms with Crippen LogP contribution in [-0.2, 0) is 24.4 Å². The first-order valence-corrected chi connectivity index (χ1v) is 9.06. The molecule has 1 amide bonds. The molecule has 2 aromatic heterocycles. The minimum Gasteiger partial charge on any atom is -0.467 e. The molecule has 3 rings (SSSR count). The first kappa shape index (κ1) is 18.9. The Balaban J connectivity index is 1.77. The van der Waals surface area contributed by atoms with Gasteiger partial charge in [-0.1, -0.05) is 26.0 Å². The van der Waals surface area contributed by atoms with E-state index in [1.807, 2.05) is 42.8 Å². The second-order valence-electron chi connectivity index (χ2n) is 7.03. The molecule has 0 aliphatic heterocycles. The normalized spacial score (nSPS) is 11.1. The van der Waals surface area contributed by atoms with Gasteiger partial charge in [-0.3, -0.25) is 4.79 Å². The second kappa shape index (κ2) is 8.66. The van der Waals surface area contributed by atoms with Crippen molar-refractivity contribution in [2.75, 3.05) is 0 Å². The third-order valence-corrected chi connectivity index (χ3v) is 4.24. The average molecular weight is 369 g/mol. The standard InChI is InChI=1S/C21H24FN3O2/c1-16(2)11-21(26)25(14-19-7-4-10-27-19)15-20-23-8-9-24(20)13-17-5-3-6-18(22)12-17/h3-10,12,16H,11,13-15H2,1-2H3. The van der Waals surface area contributed by atoms with E-state index in [2.05, 4.69) is 4.98 Å². The molecule has 0 atom stereocenters. The fourth-order valence-electron chi connectivity index (χ4n) is 2.94. The minimum atomic E-state index is -0.263. The van der Waals surface area contributed by atoms with Crippen molar-refractivity contribution in [3.8, 4) is 0 Å². The first-order chi connectivity index (χ1) is 13.0. The number of hydrogen-bond acceptors (Lipinski definition) is 3. The number of halogens is 1. The number of carbonyl (C=O) groups is 1. The van der Waals surface area contributed by atoms with Gasteiger partial charge in [0.15, 0.2) is 0 Å². The van der Waals surface area contributed by atoms with E-state index in [1.165, 1.54) is 12.1 Å². The fraction of sp³-hybridized carbons (Fsp3) is 0.333. The number of carbonyl (C=O) groups excluding carboxylic acids is 1. The number of rotatable bonds is 8. The zero-order valence-electron chi connectivity index (χ0n) is 15.6. The summed E-state index contributed by atoms with van der Waals surface area (Å²) in [6, 6.07) is 10.2. The van der Waals surface area contributed by atoms with Crippen LogP contribution in [0.25, 0.3) is 0 Å². The van der Waals surface area contributed by atoms with E-state index >= 15 is 0 Å². The van der Waals surface area contributed by atoms with Crippen LogP contribution in [0.1, 0.15) is 37.4 Å². The molecule has 6 heteroatoms. The number of aromatic nitrogens is 2. The maximum Gasteiger partial charge on any atom is 0.223 e. The van der Waals surface area contributed by atoms with Crippen LogP contribution in [0.5, 0.6) is 0 Å². The molecule has 0 spiro atoms. The highest BCUT2D eigenvalue weighted by molar-refractivity contribution is 5.76. The van der Waals surface area contributed by atoms with Gasteiger partial charge in [0.25, 0.3) is 0 Å². The molecule has 0 saturated carbocycles. The summed E-state index contributed by atoms with van der Waals surface area (Å²) in [6.07, 6.45) is 5.61. The highest BCUT2D eigenvalue weighted by Crippen LogP contribution is 2.15. The van der Waals surface area contributed by atoms with Crippen molar-refractivity contribution in [3.05, 3.63) is 78.0 Å². The van der Waals surface area contributed by atoms with Crippen LogP contribution in [0.4, 0.5) is 4.39 Å². The van der Waals surface area contributed by atoms with Crippen molar-refractivity contribution in [1.29, 1.82) is 0 Å². The van der Waals surface area contributed by atoms with Gasteiger partial charge in [0.2, 0.25) is 5.91 Å². The van der Waals surface area contributed by atoms with Gasteiger partial charge in [-0.05, 0) is 35.7 Å². The second-order valence-corrected chi connectivity index (χ2v) is 7.03. The van der Waals surface area contributed by atoms with Crippen molar-refractivity contribution in [3.63, 3.8) is 0 Å². The molecular formula is C21H24FN3O2. The number of hydrogen-bond donors (Lipinski definition) is 0. The van der Waals surface area contributed by atoms with E-state index in [4.69, 9.17) is 4.42 Å². The molecule has 0 aliphatic carbocycles. The Kier molecular flexibility index (Phi) is 6.06. The van der Waals surface area contributed by atoms with Crippen LogP contribution in [0.2, 0.25) is 0 Å². The third kappa shape index (κ3) is 5.29. The van der Waals surface area contributed by atoms with Gasteiger partial charge in [0.05, 0.1) is 19.4 Å². The van der Waals surface area contributed by atoms with E-state index in [-0.39, 0.29) is 17.6 Å². The number of benzene rings is 1. The topological polar surface area (TPSA) is 51.3 Å². The van der Waals surface area contributed by atoms with Crippen molar-refractivity contribution in [2.45, 2.75) is 39.9 Å². The van der Waals surface area contributed by atoms with Crippen molar-refractivity contribution in [2.24, 2.45) is 5.92 Å². The highest BCUT2D eigenvalue weighted by Gasteiger charge is 2.19. The molecule has 0 fully saturated rings. The summed E-state index contributed by atoms with van der Waals surface area (Å²) in [7, 11) is 0. The Morgan fingerprint density at radius 3 is 2.81 bits per heavy atom. The molecule has 0 aliphatic rings. The van der Waals surface area contributed by atoms with Gasteiger partial charge in [0.1, 0.15) is 17.4 Å². The largest absolute Gasteiger partial charge is 0.467 e. The Morgan fingerprint density at radius 2 is 2.11 bits per heavy atom. The fourth-order valence-corrected chi connectivity index (χ4v) is 2.94. The lowest BCUT2D eigenvalue weighted by molar-refractivity contribution is -0.133. The van der Waals surface area contributed by atoms with E-state index in [1.54, 1.807) is 23.4 Å². The Morgan fingerprint density at radius 1 is 1.26 bits per heavy atom. The maximum absolute atomic E-state index is 13.5. The summed E-state index contributed by atoms with van der Waals surface area (Å²) in [5, 5.41) is 0. The number of furan rings is 1. The van der Waals surface area contributed by atoms with Gasteiger partial charge in [-0.2, -0.15) is 0 Å². The predicted molar refractivity (Wildman–Crippen MR) is 100 cm³/mol. The highest BCUT2D eigenvalue weighted by atomic mass is 19.1. The molecule has 2 heterocycles. The summed E-state index contributed by atoms with van der Waals surface area (Å²) < 4.78 is 20.8. The van der Waals surface area contributed by atoms with E-state index < -0.39 is 0 Å². The molecule has 0 saturated heterocycles. The van der Waals surface area contributed by atoms with Gasteiger partial charge < -0.3 is 13.9 Å². The maximum atomic E-state index is 13.5. The summed E-state index contributed by atoms with van der Waals surface area (Å²) in [4.78, 5) is 18.9. The summed E-state index contributed by atoms with van der Waals surface area (Å²) >= 11 is 0. The summed E-state index contributed by atoms with van der Waals surface area (Å²) in [6.45, 7) is 5.31. The van der Waals surface area contributed by atoms with Gasteiger partial charge in [-0.15, -0.1) is 0 Å². The van der Waals surface area contributed by atoms with Crippen molar-refractivity contribution >= 4 is 5.91 Å². The molecule has 27 heavy (non-hydrogen) atoms. The predicted octanol–water partition coefficient (Wildman–Crippen LogP) is 4.24. The van der Waals surface area contributed by atoms with E-state index in [0.717, 1.165) is 17.1 Å². The SMILES string of the molecule is CC(C)CC(=O)N(Cc1ccco1)Cc1nccn1Cc1cccc(F)c1. The molecule has 142 valence electrons. The lowest BCUT2D eigenvalue weighted by Crippen LogP contribution is -2.32. The smallest absolute Gasteiger partial charge is 0.223 e. The molecule has 0 radical (unpaired) electrons. The zero-order valence-corrected chi connectivity index (χ0v) is 15.6. The van der Waals surface area contributed by atoms with Crippen LogP contribution >= 0.6 is 0 Å². The summed E-state index contributed by atoms with van der Waals surface area (Å²) in [5.41, 5.74) is 0.848. The monoisotopic (exact) mass is 369 g/mol. The van der Waals surface area contributed by atoms with Crippen LogP contribution in [-0.4, -0.2) is 20.4 Å². The van der Waals surface area contributed by atoms with Gasteiger partial charge in [-0.25, -0.2) is 9.37 Å². The van der Waals surface area contributed by atoms with Gasteiger partial charge in [0, 0.05) is 25.4 Å². The Labute approximate surface area is 158 Å². The van der Waals surface area contributed by atoms with Crippen LogP contribution in [0.15, 0.2) is 59.5 Å². The number of imidazole rings is 1. The average Bonchev–Trinajstić information content (AvgIpc) is 3.26. The van der Waals surface area contributed by atoms with Crippen molar-refractivity contribution in [1.82, 2.24) is 14.5 Å². The molecule has 0 bridgehead atoms. The lowest BCUT2D eigenvalue weighted by Gasteiger charge is -2.23. The first-order valence-electron chi connectivity index (χ1n) is 9.06. The zero-order chi connectivity index (χ0) is 19.2.